The average Bonchev–Trinajstić information content (AvgIpc) is 3.13. The number of carbonyl (C=O) groups is 2. The van der Waals surface area contributed by atoms with Crippen molar-refractivity contribution in [3.8, 4) is 0 Å². The molecule has 0 amide bonds. The van der Waals surface area contributed by atoms with Crippen LogP contribution in [0.25, 0.3) is 0 Å². The highest BCUT2D eigenvalue weighted by Crippen LogP contribution is 2.63. The van der Waals surface area contributed by atoms with Gasteiger partial charge in [0.1, 0.15) is 11.6 Å². The van der Waals surface area contributed by atoms with Crippen molar-refractivity contribution in [1.82, 2.24) is 0 Å². The third-order valence-electron chi connectivity index (χ3n) is 10.2. The predicted molar refractivity (Wildman–Crippen MR) is 100 cm³/mol. The molecule has 2 nitrogen and oxygen atoms in total. The van der Waals surface area contributed by atoms with E-state index in [-0.39, 0.29) is 0 Å². The summed E-state index contributed by atoms with van der Waals surface area (Å²) >= 11 is 0. The second-order valence-corrected chi connectivity index (χ2v) is 10.8. The van der Waals surface area contributed by atoms with Gasteiger partial charge in [-0.25, -0.2) is 0 Å². The second kappa shape index (κ2) is 5.92. The first kappa shape index (κ1) is 16.3. The molecule has 26 heavy (non-hydrogen) atoms. The van der Waals surface area contributed by atoms with Crippen LogP contribution in [0.1, 0.15) is 77.0 Å². The lowest BCUT2D eigenvalue weighted by molar-refractivity contribution is -0.130. The van der Waals surface area contributed by atoms with Gasteiger partial charge in [-0.1, -0.05) is 32.1 Å². The summed E-state index contributed by atoms with van der Waals surface area (Å²) in [5, 5.41) is 0. The van der Waals surface area contributed by atoms with Gasteiger partial charge in [-0.05, 0) is 80.5 Å². The summed E-state index contributed by atoms with van der Waals surface area (Å²) in [5.41, 5.74) is 0. The van der Waals surface area contributed by atoms with E-state index in [0.717, 1.165) is 25.2 Å². The molecule has 0 bridgehead atoms. The molecule has 0 aromatic rings. The lowest BCUT2D eigenvalue weighted by atomic mass is 9.60. The van der Waals surface area contributed by atoms with Crippen molar-refractivity contribution in [3.05, 3.63) is 0 Å². The molecule has 0 radical (unpaired) electrons. The molecular weight excluding hydrogens is 320 g/mol. The Morgan fingerprint density at radius 3 is 2.00 bits per heavy atom. The molecule has 6 aliphatic rings. The molecule has 0 aromatic carbocycles. The molecule has 10 unspecified atom stereocenters. The van der Waals surface area contributed by atoms with Crippen LogP contribution in [0.15, 0.2) is 0 Å². The van der Waals surface area contributed by atoms with Gasteiger partial charge in [-0.3, -0.25) is 9.59 Å². The SMILES string of the molecule is O=C1C2CCCCC2C2CC3C(=O)C4C5CCCCC5CCC4C3CC12. The van der Waals surface area contributed by atoms with Gasteiger partial charge >= 0.3 is 0 Å². The van der Waals surface area contributed by atoms with Crippen LogP contribution < -0.4 is 0 Å². The van der Waals surface area contributed by atoms with Crippen molar-refractivity contribution in [1.29, 1.82) is 0 Å². The summed E-state index contributed by atoms with van der Waals surface area (Å²) in [4.78, 5) is 26.7. The number of rotatable bonds is 0. The lowest BCUT2D eigenvalue weighted by Crippen LogP contribution is -2.38. The summed E-state index contributed by atoms with van der Waals surface area (Å²) in [6.07, 6.45) is 15.2. The molecule has 6 aliphatic carbocycles. The Morgan fingerprint density at radius 2 is 1.15 bits per heavy atom. The van der Waals surface area contributed by atoms with Crippen molar-refractivity contribution in [2.75, 3.05) is 0 Å². The Kier molecular flexibility index (Phi) is 3.71. The van der Waals surface area contributed by atoms with Gasteiger partial charge in [0.2, 0.25) is 0 Å². The average molecular weight is 355 g/mol. The first-order valence-electron chi connectivity index (χ1n) is 11.8. The van der Waals surface area contributed by atoms with E-state index in [0.29, 0.717) is 64.8 Å². The monoisotopic (exact) mass is 354 g/mol. The van der Waals surface area contributed by atoms with Crippen molar-refractivity contribution in [3.63, 3.8) is 0 Å². The van der Waals surface area contributed by atoms with Crippen molar-refractivity contribution < 1.29 is 9.59 Å². The van der Waals surface area contributed by atoms with Crippen molar-refractivity contribution in [2.24, 2.45) is 59.2 Å². The fraction of sp³-hybridized carbons (Fsp3) is 0.917. The normalized spacial score (nSPS) is 55.5. The minimum absolute atomic E-state index is 0.333. The van der Waals surface area contributed by atoms with Gasteiger partial charge in [-0.15, -0.1) is 0 Å². The maximum absolute atomic E-state index is 13.6. The zero-order chi connectivity index (χ0) is 17.4. The maximum Gasteiger partial charge on any atom is 0.139 e. The highest BCUT2D eigenvalue weighted by atomic mass is 16.1. The minimum Gasteiger partial charge on any atom is -0.299 e. The molecule has 10 atom stereocenters. The Hall–Kier alpha value is -0.660. The van der Waals surface area contributed by atoms with Crippen LogP contribution in [0, 0.1) is 59.2 Å². The first-order valence-corrected chi connectivity index (χ1v) is 11.8. The molecule has 0 N–H and O–H groups in total. The van der Waals surface area contributed by atoms with E-state index in [4.69, 9.17) is 0 Å². The van der Waals surface area contributed by atoms with Crippen LogP contribution in [0.2, 0.25) is 0 Å². The van der Waals surface area contributed by atoms with Crippen LogP contribution in [-0.2, 0) is 9.59 Å². The van der Waals surface area contributed by atoms with E-state index in [2.05, 4.69) is 0 Å². The molecule has 6 saturated carbocycles. The van der Waals surface area contributed by atoms with E-state index >= 15 is 0 Å². The smallest absolute Gasteiger partial charge is 0.139 e. The fourth-order valence-corrected chi connectivity index (χ4v) is 9.29. The number of fused-ring (bicyclic) bond motifs is 8. The Morgan fingerprint density at radius 1 is 0.500 bits per heavy atom. The maximum atomic E-state index is 13.6. The first-order chi connectivity index (χ1) is 12.7. The summed E-state index contributed by atoms with van der Waals surface area (Å²) in [7, 11) is 0. The van der Waals surface area contributed by atoms with Gasteiger partial charge in [0.15, 0.2) is 0 Å². The Labute approximate surface area is 157 Å². The second-order valence-electron chi connectivity index (χ2n) is 10.8. The molecule has 6 fully saturated rings. The number of hydrogen-bond acceptors (Lipinski definition) is 2. The molecule has 0 heterocycles. The van der Waals surface area contributed by atoms with E-state index in [1.807, 2.05) is 0 Å². The summed E-state index contributed by atoms with van der Waals surface area (Å²) in [6.45, 7) is 0. The zero-order valence-electron chi connectivity index (χ0n) is 16.1. The Balaban J connectivity index is 1.30. The largest absolute Gasteiger partial charge is 0.299 e. The molecule has 0 spiro atoms. The highest BCUT2D eigenvalue weighted by molar-refractivity contribution is 5.90. The van der Waals surface area contributed by atoms with Crippen molar-refractivity contribution >= 4 is 11.6 Å². The van der Waals surface area contributed by atoms with Crippen LogP contribution >= 0.6 is 0 Å². The zero-order valence-corrected chi connectivity index (χ0v) is 16.1. The number of carbonyl (C=O) groups excluding carboxylic acids is 2. The standard InChI is InChI=1S/C24H34O2/c25-23-17-8-4-3-7-15(17)18-11-21-19(12-20(18)23)16-10-9-13-5-1-2-6-14(13)22(16)24(21)26/h13-22H,1-12H2. The molecule has 0 saturated heterocycles. The fourth-order valence-electron chi connectivity index (χ4n) is 9.29. The van der Waals surface area contributed by atoms with Crippen LogP contribution in [0.4, 0.5) is 0 Å². The molecule has 0 aliphatic heterocycles. The van der Waals surface area contributed by atoms with Gasteiger partial charge in [0, 0.05) is 23.7 Å². The Bertz CT molecular complexity index is 624. The third-order valence-corrected chi connectivity index (χ3v) is 10.2. The summed E-state index contributed by atoms with van der Waals surface area (Å²) in [5.74, 6) is 6.70. The predicted octanol–water partition coefficient (Wildman–Crippen LogP) is 5.05. The molecule has 6 rings (SSSR count). The lowest BCUT2D eigenvalue weighted by Gasteiger charge is -2.44. The number of hydrogen-bond donors (Lipinski definition) is 0. The van der Waals surface area contributed by atoms with Gasteiger partial charge < -0.3 is 0 Å². The van der Waals surface area contributed by atoms with Gasteiger partial charge in [-0.2, -0.15) is 0 Å². The highest BCUT2D eigenvalue weighted by Gasteiger charge is 2.62. The number of ketones is 2. The molecule has 0 aromatic heterocycles. The summed E-state index contributed by atoms with van der Waals surface area (Å²) < 4.78 is 0. The topological polar surface area (TPSA) is 34.1 Å². The van der Waals surface area contributed by atoms with Gasteiger partial charge in [0.25, 0.3) is 0 Å². The van der Waals surface area contributed by atoms with E-state index in [1.54, 1.807) is 0 Å². The number of Topliss-reactive ketones (excluding diaryl/α,β-unsaturated/α-hetero) is 2. The summed E-state index contributed by atoms with van der Waals surface area (Å²) in [6, 6.07) is 0. The molecule has 142 valence electrons. The van der Waals surface area contributed by atoms with Crippen LogP contribution in [-0.4, -0.2) is 11.6 Å². The van der Waals surface area contributed by atoms with Gasteiger partial charge in [0.05, 0.1) is 0 Å². The molecular formula is C24H34O2. The van der Waals surface area contributed by atoms with Crippen LogP contribution in [0.5, 0.6) is 0 Å². The van der Waals surface area contributed by atoms with Crippen LogP contribution in [0.3, 0.4) is 0 Å². The quantitative estimate of drug-likeness (QED) is 0.610. The van der Waals surface area contributed by atoms with E-state index < -0.39 is 0 Å². The van der Waals surface area contributed by atoms with E-state index in [9.17, 15) is 9.59 Å². The minimum atomic E-state index is 0.333. The van der Waals surface area contributed by atoms with Crippen molar-refractivity contribution in [2.45, 2.75) is 77.0 Å². The third kappa shape index (κ3) is 2.11. The molecule has 2 heteroatoms. The van der Waals surface area contributed by atoms with E-state index in [1.165, 1.54) is 57.8 Å².